The van der Waals surface area contributed by atoms with Crippen molar-refractivity contribution in [1.29, 1.82) is 0 Å². The smallest absolute Gasteiger partial charge is 0.234 e. The number of nitrogens with one attached hydrogen (secondary N) is 1. The number of carbonyl (C=O) groups is 1. The number of thioether (sulfide) groups is 1. The Hall–Kier alpha value is -2.52. The zero-order valence-electron chi connectivity index (χ0n) is 16.3. The molecule has 2 aromatic carbocycles. The van der Waals surface area contributed by atoms with Crippen LogP contribution < -0.4 is 14.8 Å². The van der Waals surface area contributed by atoms with E-state index in [0.29, 0.717) is 29.0 Å². The van der Waals surface area contributed by atoms with Gasteiger partial charge < -0.3 is 19.4 Å². The number of anilines is 1. The van der Waals surface area contributed by atoms with Gasteiger partial charge in [-0.05, 0) is 43.3 Å². The fraction of sp³-hybridized carbons (Fsp3) is 0.250. The quantitative estimate of drug-likeness (QED) is 0.483. The van der Waals surface area contributed by atoms with Crippen LogP contribution in [0.25, 0.3) is 11.4 Å². The summed E-state index contributed by atoms with van der Waals surface area (Å²) >= 11 is 4.74. The number of hydrogen-bond donors (Lipinski definition) is 1. The molecule has 1 aromatic heterocycles. The molecule has 9 heteroatoms. The van der Waals surface area contributed by atoms with Crippen LogP contribution in [0, 0.1) is 0 Å². The molecule has 3 aromatic rings. The molecule has 7 nitrogen and oxygen atoms in total. The molecule has 1 N–H and O–H groups in total. The van der Waals surface area contributed by atoms with E-state index in [1.807, 2.05) is 54.0 Å². The van der Waals surface area contributed by atoms with Crippen molar-refractivity contribution < 1.29 is 14.3 Å². The fourth-order valence-electron chi connectivity index (χ4n) is 2.76. The lowest BCUT2D eigenvalue weighted by molar-refractivity contribution is -0.113. The molecule has 152 valence electrons. The Labute approximate surface area is 181 Å². The Kier molecular flexibility index (Phi) is 7.16. The average molecular weight is 477 g/mol. The minimum Gasteiger partial charge on any atom is -0.493 e. The van der Waals surface area contributed by atoms with Crippen LogP contribution in [0.2, 0.25) is 0 Å². The van der Waals surface area contributed by atoms with E-state index >= 15 is 0 Å². The van der Waals surface area contributed by atoms with Gasteiger partial charge in [0.05, 0.1) is 20.0 Å². The van der Waals surface area contributed by atoms with E-state index in [4.69, 9.17) is 9.47 Å². The predicted molar refractivity (Wildman–Crippen MR) is 118 cm³/mol. The van der Waals surface area contributed by atoms with Crippen molar-refractivity contribution in [1.82, 2.24) is 14.8 Å². The van der Waals surface area contributed by atoms with Crippen molar-refractivity contribution in [3.05, 3.63) is 46.9 Å². The van der Waals surface area contributed by atoms with Crippen LogP contribution in [0.1, 0.15) is 6.92 Å². The van der Waals surface area contributed by atoms with Crippen molar-refractivity contribution in [2.24, 2.45) is 0 Å². The first-order valence-electron chi connectivity index (χ1n) is 8.89. The van der Waals surface area contributed by atoms with E-state index in [2.05, 4.69) is 31.4 Å². The molecule has 0 unspecified atom stereocenters. The first kappa shape index (κ1) is 21.2. The summed E-state index contributed by atoms with van der Waals surface area (Å²) in [5.74, 6) is 2.11. The summed E-state index contributed by atoms with van der Waals surface area (Å²) < 4.78 is 13.6. The Bertz CT molecular complexity index is 1010. The third kappa shape index (κ3) is 5.10. The molecule has 0 saturated heterocycles. The van der Waals surface area contributed by atoms with Gasteiger partial charge in [-0.15, -0.1) is 10.2 Å². The number of nitrogens with zero attached hydrogens (tertiary/aromatic N) is 3. The SMILES string of the molecule is CCn1c(SCC(=O)Nc2cccc(Br)c2)nnc1-c1ccc(OC)c(OC)c1. The van der Waals surface area contributed by atoms with E-state index in [9.17, 15) is 4.79 Å². The number of halogens is 1. The molecule has 0 aliphatic rings. The topological polar surface area (TPSA) is 78.3 Å². The van der Waals surface area contributed by atoms with Gasteiger partial charge in [-0.25, -0.2) is 0 Å². The lowest BCUT2D eigenvalue weighted by Gasteiger charge is -2.11. The minimum absolute atomic E-state index is 0.105. The standard InChI is InChI=1S/C20H21BrN4O3S/c1-4-25-19(13-8-9-16(27-2)17(10-13)28-3)23-24-20(25)29-12-18(26)22-15-7-5-6-14(21)11-15/h5-11H,4,12H2,1-3H3,(H,22,26). The van der Waals surface area contributed by atoms with E-state index in [-0.39, 0.29) is 11.7 Å². The third-order valence-corrected chi connectivity index (χ3v) is 5.58. The molecule has 0 bridgehead atoms. The van der Waals surface area contributed by atoms with Crippen molar-refractivity contribution in [2.45, 2.75) is 18.6 Å². The molecule has 0 atom stereocenters. The zero-order chi connectivity index (χ0) is 20.8. The highest BCUT2D eigenvalue weighted by atomic mass is 79.9. The zero-order valence-corrected chi connectivity index (χ0v) is 18.7. The van der Waals surface area contributed by atoms with Crippen LogP contribution in [-0.2, 0) is 11.3 Å². The molecular formula is C20H21BrN4O3S. The summed E-state index contributed by atoms with van der Waals surface area (Å²) in [7, 11) is 3.19. The van der Waals surface area contributed by atoms with Crippen LogP contribution in [0.15, 0.2) is 52.1 Å². The summed E-state index contributed by atoms with van der Waals surface area (Å²) in [6, 6.07) is 13.1. The lowest BCUT2D eigenvalue weighted by Crippen LogP contribution is -2.14. The van der Waals surface area contributed by atoms with Gasteiger partial charge in [-0.1, -0.05) is 33.8 Å². The van der Waals surface area contributed by atoms with E-state index in [1.54, 1.807) is 14.2 Å². The molecule has 0 aliphatic heterocycles. The number of aromatic nitrogens is 3. The van der Waals surface area contributed by atoms with E-state index in [1.165, 1.54) is 11.8 Å². The van der Waals surface area contributed by atoms with Gasteiger partial charge in [0.2, 0.25) is 5.91 Å². The molecular weight excluding hydrogens is 456 g/mol. The molecule has 0 fully saturated rings. The largest absolute Gasteiger partial charge is 0.493 e. The Balaban J connectivity index is 1.73. The summed E-state index contributed by atoms with van der Waals surface area (Å²) in [4.78, 5) is 12.3. The van der Waals surface area contributed by atoms with Gasteiger partial charge in [-0.3, -0.25) is 4.79 Å². The van der Waals surface area contributed by atoms with Crippen LogP contribution in [0.3, 0.4) is 0 Å². The van der Waals surface area contributed by atoms with Crippen molar-refractivity contribution in [2.75, 3.05) is 25.3 Å². The number of methoxy groups -OCH3 is 2. The fourth-order valence-corrected chi connectivity index (χ4v) is 3.96. The second kappa shape index (κ2) is 9.80. The first-order valence-corrected chi connectivity index (χ1v) is 10.7. The number of hydrogen-bond acceptors (Lipinski definition) is 6. The van der Waals surface area contributed by atoms with Crippen molar-refractivity contribution in [3.8, 4) is 22.9 Å². The molecule has 1 heterocycles. The highest BCUT2D eigenvalue weighted by molar-refractivity contribution is 9.10. The molecule has 0 spiro atoms. The van der Waals surface area contributed by atoms with Crippen LogP contribution in [0.5, 0.6) is 11.5 Å². The normalized spacial score (nSPS) is 10.6. The number of benzene rings is 2. The average Bonchev–Trinajstić information content (AvgIpc) is 3.14. The predicted octanol–water partition coefficient (Wildman–Crippen LogP) is 4.48. The van der Waals surface area contributed by atoms with Gasteiger partial charge in [-0.2, -0.15) is 0 Å². The molecule has 0 saturated carbocycles. The molecule has 0 aliphatic carbocycles. The Morgan fingerprint density at radius 2 is 1.93 bits per heavy atom. The maximum absolute atomic E-state index is 12.3. The van der Waals surface area contributed by atoms with Gasteiger partial charge >= 0.3 is 0 Å². The molecule has 29 heavy (non-hydrogen) atoms. The Morgan fingerprint density at radius 1 is 1.14 bits per heavy atom. The van der Waals surface area contributed by atoms with Gasteiger partial charge in [0, 0.05) is 22.3 Å². The second-order valence-corrected chi connectivity index (χ2v) is 7.83. The number of carbonyl (C=O) groups excluding carboxylic acids is 1. The van der Waals surface area contributed by atoms with Gasteiger partial charge in [0.15, 0.2) is 22.5 Å². The number of ether oxygens (including phenoxy) is 2. The first-order chi connectivity index (χ1) is 14.0. The molecule has 3 rings (SSSR count). The summed E-state index contributed by atoms with van der Waals surface area (Å²) in [5.41, 5.74) is 1.61. The third-order valence-electron chi connectivity index (χ3n) is 4.12. The van der Waals surface area contributed by atoms with Crippen molar-refractivity contribution in [3.63, 3.8) is 0 Å². The molecule has 0 radical (unpaired) electrons. The summed E-state index contributed by atoms with van der Waals surface area (Å²) in [6.45, 7) is 2.69. The van der Waals surface area contributed by atoms with Gasteiger partial charge in [0.1, 0.15) is 0 Å². The maximum Gasteiger partial charge on any atom is 0.234 e. The highest BCUT2D eigenvalue weighted by Gasteiger charge is 2.16. The Morgan fingerprint density at radius 3 is 2.62 bits per heavy atom. The monoisotopic (exact) mass is 476 g/mol. The maximum atomic E-state index is 12.3. The number of amides is 1. The summed E-state index contributed by atoms with van der Waals surface area (Å²) in [6.07, 6.45) is 0. The highest BCUT2D eigenvalue weighted by Crippen LogP contribution is 2.32. The minimum atomic E-state index is -0.105. The van der Waals surface area contributed by atoms with Crippen LogP contribution in [0.4, 0.5) is 5.69 Å². The number of rotatable bonds is 8. The van der Waals surface area contributed by atoms with E-state index < -0.39 is 0 Å². The van der Waals surface area contributed by atoms with Crippen molar-refractivity contribution >= 4 is 39.3 Å². The lowest BCUT2D eigenvalue weighted by atomic mass is 10.2. The molecule has 1 amide bonds. The van der Waals surface area contributed by atoms with E-state index in [0.717, 1.165) is 15.7 Å². The van der Waals surface area contributed by atoms with Crippen LogP contribution in [-0.4, -0.2) is 40.6 Å². The van der Waals surface area contributed by atoms with Gasteiger partial charge in [0.25, 0.3) is 0 Å². The second-order valence-electron chi connectivity index (χ2n) is 5.97. The summed E-state index contributed by atoms with van der Waals surface area (Å²) in [5, 5.41) is 12.2. The van der Waals surface area contributed by atoms with Crippen LogP contribution >= 0.6 is 27.7 Å².